The molecule has 1 rings (SSSR count). The Kier molecular flexibility index (Phi) is 1.90. The van der Waals surface area contributed by atoms with Crippen LogP contribution in [0.25, 0.3) is 0 Å². The maximum absolute atomic E-state index is 4.02. The molecule has 0 bridgehead atoms. The van der Waals surface area contributed by atoms with Crippen molar-refractivity contribution < 1.29 is 0 Å². The zero-order chi connectivity index (χ0) is 6.85. The minimum Gasteiger partial charge on any atom is -0.334 e. The molecule has 3 heteroatoms. The molecule has 9 heavy (non-hydrogen) atoms. The van der Waals surface area contributed by atoms with Gasteiger partial charge in [-0.25, -0.2) is 4.98 Å². The fraction of sp³-hybridized carbons (Fsp3) is 0.500. The van der Waals surface area contributed by atoms with Crippen molar-refractivity contribution >= 4 is 15.9 Å². The van der Waals surface area contributed by atoms with Crippen LogP contribution in [0.3, 0.4) is 0 Å². The van der Waals surface area contributed by atoms with Gasteiger partial charge < -0.3 is 4.57 Å². The van der Waals surface area contributed by atoms with Gasteiger partial charge in [-0.3, -0.25) is 0 Å². The molecule has 0 fully saturated rings. The van der Waals surface area contributed by atoms with Gasteiger partial charge in [0.2, 0.25) is 0 Å². The van der Waals surface area contributed by atoms with Gasteiger partial charge in [0.05, 0.1) is 6.33 Å². The van der Waals surface area contributed by atoms with Crippen molar-refractivity contribution in [1.29, 1.82) is 0 Å². The van der Waals surface area contributed by atoms with Gasteiger partial charge in [-0.15, -0.1) is 0 Å². The molecule has 0 N–H and O–H groups in total. The minimum atomic E-state index is 0.504. The summed E-state index contributed by atoms with van der Waals surface area (Å²) in [5, 5.41) is 0. The van der Waals surface area contributed by atoms with Crippen molar-refractivity contribution in [2.75, 3.05) is 0 Å². The Morgan fingerprint density at radius 1 is 1.67 bits per heavy atom. The van der Waals surface area contributed by atoms with Crippen molar-refractivity contribution in [2.45, 2.75) is 19.9 Å². The highest BCUT2D eigenvalue weighted by molar-refractivity contribution is 9.10. The van der Waals surface area contributed by atoms with E-state index in [2.05, 4.69) is 34.8 Å². The van der Waals surface area contributed by atoms with Gasteiger partial charge >= 0.3 is 0 Å². The maximum Gasteiger partial charge on any atom is 0.124 e. The number of imidazole rings is 1. The van der Waals surface area contributed by atoms with Crippen LogP contribution in [-0.2, 0) is 0 Å². The molecule has 50 valence electrons. The van der Waals surface area contributed by atoms with Crippen LogP contribution in [0.2, 0.25) is 0 Å². The first-order chi connectivity index (χ1) is 4.20. The average Bonchev–Trinajstić information content (AvgIpc) is 2.14. The van der Waals surface area contributed by atoms with Crippen LogP contribution < -0.4 is 0 Å². The number of aromatic nitrogens is 2. The van der Waals surface area contributed by atoms with Gasteiger partial charge in [0, 0.05) is 12.2 Å². The van der Waals surface area contributed by atoms with Crippen LogP contribution in [0.15, 0.2) is 17.1 Å². The van der Waals surface area contributed by atoms with E-state index in [0.29, 0.717) is 6.04 Å². The molecule has 1 aromatic rings. The van der Waals surface area contributed by atoms with Gasteiger partial charge in [-0.2, -0.15) is 0 Å². The molecule has 0 aliphatic rings. The number of hydrogen-bond donors (Lipinski definition) is 0. The third kappa shape index (κ3) is 1.55. The summed E-state index contributed by atoms with van der Waals surface area (Å²) in [6, 6.07) is 0.504. The highest BCUT2D eigenvalue weighted by Gasteiger charge is 1.96. The number of halogens is 1. The van der Waals surface area contributed by atoms with E-state index in [0.717, 1.165) is 4.60 Å². The van der Waals surface area contributed by atoms with Crippen LogP contribution in [0.4, 0.5) is 0 Å². The summed E-state index contributed by atoms with van der Waals surface area (Å²) in [6.07, 6.45) is 3.78. The number of rotatable bonds is 1. The topological polar surface area (TPSA) is 17.8 Å². The normalized spacial score (nSPS) is 10.7. The van der Waals surface area contributed by atoms with Crippen LogP contribution in [0, 0.1) is 0 Å². The predicted molar refractivity (Wildman–Crippen MR) is 40.3 cm³/mol. The molecule has 0 unspecified atom stereocenters. The highest BCUT2D eigenvalue weighted by atomic mass is 79.9. The first kappa shape index (κ1) is 6.81. The van der Waals surface area contributed by atoms with Gasteiger partial charge in [0.1, 0.15) is 4.60 Å². The lowest BCUT2D eigenvalue weighted by Gasteiger charge is -2.02. The average molecular weight is 189 g/mol. The molecule has 0 aliphatic carbocycles. The number of nitrogens with zero attached hydrogens (tertiary/aromatic N) is 2. The van der Waals surface area contributed by atoms with E-state index in [-0.39, 0.29) is 0 Å². The second-order valence-electron chi connectivity index (χ2n) is 2.24. The van der Waals surface area contributed by atoms with Crippen molar-refractivity contribution in [3.8, 4) is 0 Å². The summed E-state index contributed by atoms with van der Waals surface area (Å²) in [6.45, 7) is 4.24. The predicted octanol–water partition coefficient (Wildman–Crippen LogP) is 2.23. The maximum atomic E-state index is 4.02. The van der Waals surface area contributed by atoms with Gasteiger partial charge in [0.25, 0.3) is 0 Å². The Hall–Kier alpha value is -0.310. The van der Waals surface area contributed by atoms with Crippen molar-refractivity contribution in [2.24, 2.45) is 0 Å². The molecule has 0 radical (unpaired) electrons. The quantitative estimate of drug-likeness (QED) is 0.662. The molecule has 2 nitrogen and oxygen atoms in total. The molecule has 0 atom stereocenters. The lowest BCUT2D eigenvalue weighted by molar-refractivity contribution is 0.599. The standard InChI is InChI=1S/C6H9BrN2/c1-5(2)9-3-6(7)8-4-9/h3-5H,1-2H3. The van der Waals surface area contributed by atoms with Crippen LogP contribution >= 0.6 is 15.9 Å². The third-order valence-corrected chi connectivity index (χ3v) is 1.58. The first-order valence-electron chi connectivity index (χ1n) is 2.89. The molecular weight excluding hydrogens is 180 g/mol. The highest BCUT2D eigenvalue weighted by Crippen LogP contribution is 2.09. The minimum absolute atomic E-state index is 0.504. The number of hydrogen-bond acceptors (Lipinski definition) is 1. The Morgan fingerprint density at radius 2 is 2.33 bits per heavy atom. The van der Waals surface area contributed by atoms with Crippen LogP contribution in [0.1, 0.15) is 19.9 Å². The smallest absolute Gasteiger partial charge is 0.124 e. The Bertz CT molecular complexity index is 193. The summed E-state index contributed by atoms with van der Waals surface area (Å²) < 4.78 is 2.94. The second-order valence-corrected chi connectivity index (χ2v) is 3.05. The lowest BCUT2D eigenvalue weighted by atomic mass is 10.4. The van der Waals surface area contributed by atoms with Crippen LogP contribution in [-0.4, -0.2) is 9.55 Å². The zero-order valence-corrected chi connectivity index (χ0v) is 7.09. The van der Waals surface area contributed by atoms with Crippen molar-refractivity contribution in [3.63, 3.8) is 0 Å². The molecule has 0 spiro atoms. The summed E-state index contributed by atoms with van der Waals surface area (Å²) in [5.41, 5.74) is 0. The monoisotopic (exact) mass is 188 g/mol. The fourth-order valence-electron chi connectivity index (χ4n) is 0.594. The Balaban J connectivity index is 2.85. The molecular formula is C6H9BrN2. The Morgan fingerprint density at radius 3 is 2.56 bits per heavy atom. The summed E-state index contributed by atoms with van der Waals surface area (Å²) in [5.74, 6) is 0. The van der Waals surface area contributed by atoms with Crippen LogP contribution in [0.5, 0.6) is 0 Å². The second kappa shape index (κ2) is 2.52. The fourth-order valence-corrected chi connectivity index (χ4v) is 0.922. The van der Waals surface area contributed by atoms with E-state index in [4.69, 9.17) is 0 Å². The molecule has 0 saturated carbocycles. The van der Waals surface area contributed by atoms with E-state index >= 15 is 0 Å². The third-order valence-electron chi connectivity index (χ3n) is 1.17. The summed E-state index contributed by atoms with van der Waals surface area (Å²) >= 11 is 3.27. The van der Waals surface area contributed by atoms with Crippen molar-refractivity contribution in [1.82, 2.24) is 9.55 Å². The first-order valence-corrected chi connectivity index (χ1v) is 3.68. The molecule has 1 heterocycles. The largest absolute Gasteiger partial charge is 0.334 e. The zero-order valence-electron chi connectivity index (χ0n) is 5.50. The summed E-state index contributed by atoms with van der Waals surface area (Å²) in [4.78, 5) is 4.02. The Labute approximate surface area is 63.0 Å². The summed E-state index contributed by atoms with van der Waals surface area (Å²) in [7, 11) is 0. The van der Waals surface area contributed by atoms with Gasteiger partial charge in [-0.05, 0) is 29.8 Å². The van der Waals surface area contributed by atoms with E-state index < -0.39 is 0 Å². The van der Waals surface area contributed by atoms with Crippen molar-refractivity contribution in [3.05, 3.63) is 17.1 Å². The molecule has 0 aliphatic heterocycles. The molecule has 0 saturated heterocycles. The SMILES string of the molecule is CC(C)n1cnc(Br)c1. The molecule has 0 aromatic carbocycles. The van der Waals surface area contributed by atoms with E-state index in [9.17, 15) is 0 Å². The van der Waals surface area contributed by atoms with Gasteiger partial charge in [-0.1, -0.05) is 0 Å². The van der Waals surface area contributed by atoms with Gasteiger partial charge in [0.15, 0.2) is 0 Å². The molecule has 1 aromatic heterocycles. The van der Waals surface area contributed by atoms with E-state index in [1.54, 1.807) is 0 Å². The van der Waals surface area contributed by atoms with E-state index in [1.807, 2.05) is 17.1 Å². The lowest BCUT2D eigenvalue weighted by Crippen LogP contribution is -1.95. The molecule has 0 amide bonds. The van der Waals surface area contributed by atoms with E-state index in [1.165, 1.54) is 0 Å².